The van der Waals surface area contributed by atoms with Crippen molar-refractivity contribution in [3.8, 4) is 0 Å². The molecule has 0 heterocycles. The molecule has 0 aromatic carbocycles. The van der Waals surface area contributed by atoms with E-state index < -0.39 is 8.60 Å². The van der Waals surface area contributed by atoms with E-state index in [1.54, 1.807) is 0 Å². The lowest BCUT2D eigenvalue weighted by atomic mass is 10.4. The third-order valence-electron chi connectivity index (χ3n) is 1.11. The standard InChI is InChI=1S/C7H17O3P/c1-3-5-7-10-11(8)9-6-4-2/h8H,3-7H2,1-2H3. The Morgan fingerprint density at radius 3 is 2.27 bits per heavy atom. The summed E-state index contributed by atoms with van der Waals surface area (Å²) in [5, 5.41) is 0. The summed E-state index contributed by atoms with van der Waals surface area (Å²) in [4.78, 5) is 9.03. The van der Waals surface area contributed by atoms with Crippen LogP contribution in [0.4, 0.5) is 0 Å². The molecule has 0 fully saturated rings. The van der Waals surface area contributed by atoms with Crippen molar-refractivity contribution < 1.29 is 13.9 Å². The lowest BCUT2D eigenvalue weighted by molar-refractivity contribution is 0.198. The summed E-state index contributed by atoms with van der Waals surface area (Å²) in [6.45, 7) is 5.25. The second-order valence-corrected chi connectivity index (χ2v) is 3.25. The fourth-order valence-electron chi connectivity index (χ4n) is 0.494. The average molecular weight is 180 g/mol. The first-order chi connectivity index (χ1) is 5.31. The van der Waals surface area contributed by atoms with Crippen molar-refractivity contribution in [2.45, 2.75) is 33.1 Å². The van der Waals surface area contributed by atoms with Crippen molar-refractivity contribution >= 4 is 8.60 Å². The highest BCUT2D eigenvalue weighted by Crippen LogP contribution is 2.32. The zero-order valence-electron chi connectivity index (χ0n) is 7.25. The molecule has 1 atom stereocenters. The highest BCUT2D eigenvalue weighted by Gasteiger charge is 2.03. The SMILES string of the molecule is CCCCOP(O)OCCC. The van der Waals surface area contributed by atoms with Gasteiger partial charge in [-0.15, -0.1) is 0 Å². The summed E-state index contributed by atoms with van der Waals surface area (Å²) in [5.74, 6) is 0. The third-order valence-corrected chi connectivity index (χ3v) is 1.91. The smallest absolute Gasteiger partial charge is 0.328 e. The Bertz CT molecular complexity index is 80.1. The van der Waals surface area contributed by atoms with Crippen molar-refractivity contribution in [1.82, 2.24) is 0 Å². The molecule has 1 N–H and O–H groups in total. The van der Waals surface area contributed by atoms with Gasteiger partial charge in [0.1, 0.15) is 0 Å². The minimum atomic E-state index is -1.60. The molecule has 11 heavy (non-hydrogen) atoms. The van der Waals surface area contributed by atoms with Gasteiger partial charge in [-0.2, -0.15) is 0 Å². The molecule has 0 amide bonds. The van der Waals surface area contributed by atoms with E-state index in [1.165, 1.54) is 0 Å². The largest absolute Gasteiger partial charge is 0.329 e. The molecule has 1 unspecified atom stereocenters. The van der Waals surface area contributed by atoms with Gasteiger partial charge in [-0.1, -0.05) is 20.3 Å². The summed E-state index contributed by atoms with van der Waals surface area (Å²) in [6.07, 6.45) is 2.97. The molecule has 68 valence electrons. The second kappa shape index (κ2) is 8.41. The van der Waals surface area contributed by atoms with Crippen LogP contribution in [0.5, 0.6) is 0 Å². The van der Waals surface area contributed by atoms with Crippen LogP contribution in [-0.4, -0.2) is 18.1 Å². The summed E-state index contributed by atoms with van der Waals surface area (Å²) in [7, 11) is -1.60. The van der Waals surface area contributed by atoms with Crippen molar-refractivity contribution in [3.05, 3.63) is 0 Å². The number of hydrogen-bond acceptors (Lipinski definition) is 3. The maximum atomic E-state index is 9.03. The topological polar surface area (TPSA) is 38.7 Å². The van der Waals surface area contributed by atoms with Gasteiger partial charge in [-0.25, -0.2) is 0 Å². The van der Waals surface area contributed by atoms with Gasteiger partial charge in [0.2, 0.25) is 0 Å². The van der Waals surface area contributed by atoms with Gasteiger partial charge >= 0.3 is 8.60 Å². The van der Waals surface area contributed by atoms with Crippen LogP contribution in [0.15, 0.2) is 0 Å². The Morgan fingerprint density at radius 2 is 1.73 bits per heavy atom. The van der Waals surface area contributed by atoms with E-state index in [-0.39, 0.29) is 0 Å². The molecule has 0 aromatic rings. The zero-order chi connectivity index (χ0) is 8.53. The monoisotopic (exact) mass is 180 g/mol. The molecule has 0 aliphatic rings. The molecule has 0 aromatic heterocycles. The van der Waals surface area contributed by atoms with Crippen LogP contribution in [0.25, 0.3) is 0 Å². The molecular formula is C7H17O3P. The van der Waals surface area contributed by atoms with Crippen LogP contribution >= 0.6 is 8.60 Å². The quantitative estimate of drug-likeness (QED) is 0.483. The predicted octanol–water partition coefficient (Wildman–Crippen LogP) is 2.45. The molecule has 3 nitrogen and oxygen atoms in total. The fourth-order valence-corrected chi connectivity index (χ4v) is 1.19. The van der Waals surface area contributed by atoms with Crippen LogP contribution < -0.4 is 0 Å². The van der Waals surface area contributed by atoms with E-state index >= 15 is 0 Å². The highest BCUT2D eigenvalue weighted by molar-refractivity contribution is 7.40. The van der Waals surface area contributed by atoms with E-state index in [0.29, 0.717) is 13.2 Å². The lowest BCUT2D eigenvalue weighted by Crippen LogP contribution is -1.93. The van der Waals surface area contributed by atoms with Gasteiger partial charge in [0.15, 0.2) is 0 Å². The molecular weight excluding hydrogens is 163 g/mol. The molecule has 0 spiro atoms. The van der Waals surface area contributed by atoms with E-state index in [4.69, 9.17) is 13.9 Å². The maximum absolute atomic E-state index is 9.03. The summed E-state index contributed by atoms with van der Waals surface area (Å²) >= 11 is 0. The van der Waals surface area contributed by atoms with E-state index in [0.717, 1.165) is 19.3 Å². The van der Waals surface area contributed by atoms with Gasteiger partial charge < -0.3 is 13.9 Å². The summed E-state index contributed by atoms with van der Waals surface area (Å²) in [6, 6.07) is 0. The Hall–Kier alpha value is 0.310. The van der Waals surface area contributed by atoms with Gasteiger partial charge in [0.05, 0.1) is 13.2 Å². The number of hydrogen-bond donors (Lipinski definition) is 1. The molecule has 0 aliphatic heterocycles. The van der Waals surface area contributed by atoms with Gasteiger partial charge in [-0.3, -0.25) is 0 Å². The predicted molar refractivity (Wildman–Crippen MR) is 46.2 cm³/mol. The van der Waals surface area contributed by atoms with Crippen LogP contribution in [0, 0.1) is 0 Å². The molecule has 0 saturated carbocycles. The molecule has 4 heteroatoms. The molecule has 0 rings (SSSR count). The van der Waals surface area contributed by atoms with Crippen molar-refractivity contribution in [2.75, 3.05) is 13.2 Å². The Labute approximate surface area is 69.7 Å². The maximum Gasteiger partial charge on any atom is 0.329 e. The average Bonchev–Trinajstić information content (AvgIpc) is 2.01. The Morgan fingerprint density at radius 1 is 1.09 bits per heavy atom. The van der Waals surface area contributed by atoms with Crippen LogP contribution in [-0.2, 0) is 9.05 Å². The van der Waals surface area contributed by atoms with Crippen molar-refractivity contribution in [2.24, 2.45) is 0 Å². The fraction of sp³-hybridized carbons (Fsp3) is 1.00. The van der Waals surface area contributed by atoms with E-state index in [1.807, 2.05) is 6.92 Å². The van der Waals surface area contributed by atoms with Crippen LogP contribution in [0.1, 0.15) is 33.1 Å². The highest BCUT2D eigenvalue weighted by atomic mass is 31.2. The molecule has 0 radical (unpaired) electrons. The van der Waals surface area contributed by atoms with Crippen LogP contribution in [0.2, 0.25) is 0 Å². The number of unbranched alkanes of at least 4 members (excludes halogenated alkanes) is 1. The lowest BCUT2D eigenvalue weighted by Gasteiger charge is -2.08. The molecule has 0 aliphatic carbocycles. The van der Waals surface area contributed by atoms with Crippen molar-refractivity contribution in [1.29, 1.82) is 0 Å². The molecule has 0 saturated heterocycles. The van der Waals surface area contributed by atoms with E-state index in [2.05, 4.69) is 6.92 Å². The van der Waals surface area contributed by atoms with E-state index in [9.17, 15) is 0 Å². The Balaban J connectivity index is 3.02. The van der Waals surface area contributed by atoms with Gasteiger partial charge in [0.25, 0.3) is 0 Å². The number of rotatable bonds is 7. The first-order valence-electron chi connectivity index (χ1n) is 4.06. The summed E-state index contributed by atoms with van der Waals surface area (Å²) in [5.41, 5.74) is 0. The first kappa shape index (κ1) is 11.3. The second-order valence-electron chi connectivity index (χ2n) is 2.26. The minimum absolute atomic E-state index is 0.578. The Kier molecular flexibility index (Phi) is 8.64. The van der Waals surface area contributed by atoms with Gasteiger partial charge in [0, 0.05) is 0 Å². The minimum Gasteiger partial charge on any atom is -0.328 e. The van der Waals surface area contributed by atoms with Gasteiger partial charge in [-0.05, 0) is 12.8 Å². The van der Waals surface area contributed by atoms with Crippen LogP contribution in [0.3, 0.4) is 0 Å². The summed E-state index contributed by atoms with van der Waals surface area (Å²) < 4.78 is 9.92. The van der Waals surface area contributed by atoms with Crippen molar-refractivity contribution in [3.63, 3.8) is 0 Å². The zero-order valence-corrected chi connectivity index (χ0v) is 8.14. The normalized spacial score (nSPS) is 13.4. The first-order valence-corrected chi connectivity index (χ1v) is 5.19. The molecule has 0 bridgehead atoms. The third kappa shape index (κ3) is 8.21.